The molecule has 1 unspecified atom stereocenters. The zero-order chi connectivity index (χ0) is 13.0. The monoisotopic (exact) mass is 283 g/mol. The van der Waals surface area contributed by atoms with E-state index in [2.05, 4.69) is 29.5 Å². The van der Waals surface area contributed by atoms with Crippen LogP contribution >= 0.6 is 22.9 Å². The number of hydrogen-bond acceptors (Lipinski definition) is 3. The second-order valence-electron chi connectivity index (χ2n) is 4.30. The van der Waals surface area contributed by atoms with Crippen molar-refractivity contribution >= 4 is 22.9 Å². The van der Waals surface area contributed by atoms with Gasteiger partial charge < -0.3 is 5.32 Å². The van der Waals surface area contributed by atoms with Gasteiger partial charge in [-0.3, -0.25) is 4.68 Å². The maximum Gasteiger partial charge on any atom is 0.0931 e. The molecule has 0 spiro atoms. The van der Waals surface area contributed by atoms with E-state index >= 15 is 0 Å². The minimum atomic E-state index is 0.298. The summed E-state index contributed by atoms with van der Waals surface area (Å²) in [5.41, 5.74) is 1.22. The highest BCUT2D eigenvalue weighted by Gasteiger charge is 2.15. The van der Waals surface area contributed by atoms with Gasteiger partial charge in [-0.2, -0.15) is 5.10 Å². The quantitative estimate of drug-likeness (QED) is 0.880. The molecule has 2 aromatic heterocycles. The van der Waals surface area contributed by atoms with Crippen LogP contribution in [0.1, 0.15) is 30.0 Å². The van der Waals surface area contributed by atoms with Crippen molar-refractivity contribution in [3.05, 3.63) is 39.3 Å². The lowest BCUT2D eigenvalue weighted by Gasteiger charge is -2.18. The van der Waals surface area contributed by atoms with Gasteiger partial charge in [0.2, 0.25) is 0 Å². The number of halogens is 1. The number of thiophene rings is 1. The van der Waals surface area contributed by atoms with E-state index in [4.69, 9.17) is 11.6 Å². The Labute approximate surface area is 117 Å². The molecule has 0 amide bonds. The van der Waals surface area contributed by atoms with Gasteiger partial charge in [-0.25, -0.2) is 0 Å². The predicted molar refractivity (Wildman–Crippen MR) is 77.3 cm³/mol. The van der Waals surface area contributed by atoms with Crippen LogP contribution in [0.25, 0.3) is 0 Å². The van der Waals surface area contributed by atoms with Crippen molar-refractivity contribution in [2.24, 2.45) is 7.05 Å². The van der Waals surface area contributed by atoms with Crippen LogP contribution in [0.3, 0.4) is 0 Å². The van der Waals surface area contributed by atoms with Crippen molar-refractivity contribution in [3.8, 4) is 0 Å². The van der Waals surface area contributed by atoms with Gasteiger partial charge in [0.1, 0.15) is 0 Å². The molecule has 2 aromatic rings. The normalized spacial score (nSPS) is 12.8. The second kappa shape index (κ2) is 6.36. The Bertz CT molecular complexity index is 492. The van der Waals surface area contributed by atoms with Gasteiger partial charge in [0.05, 0.1) is 16.1 Å². The van der Waals surface area contributed by atoms with Gasteiger partial charge >= 0.3 is 0 Å². The van der Waals surface area contributed by atoms with Crippen LogP contribution in [0.15, 0.2) is 24.4 Å². The Morgan fingerprint density at radius 1 is 1.44 bits per heavy atom. The lowest BCUT2D eigenvalue weighted by molar-refractivity contribution is 0.496. The van der Waals surface area contributed by atoms with Crippen LogP contribution in [0.5, 0.6) is 0 Å². The van der Waals surface area contributed by atoms with Gasteiger partial charge in [0, 0.05) is 24.5 Å². The largest absolute Gasteiger partial charge is 0.308 e. The van der Waals surface area contributed by atoms with Gasteiger partial charge in [-0.1, -0.05) is 18.5 Å². The van der Waals surface area contributed by atoms with E-state index in [1.807, 2.05) is 24.0 Å². The molecule has 0 aliphatic carbocycles. The average Bonchev–Trinajstić information content (AvgIpc) is 2.93. The smallest absolute Gasteiger partial charge is 0.0931 e. The van der Waals surface area contributed by atoms with Crippen molar-refractivity contribution in [3.63, 3.8) is 0 Å². The summed E-state index contributed by atoms with van der Waals surface area (Å²) in [5, 5.41) is 7.82. The van der Waals surface area contributed by atoms with E-state index in [9.17, 15) is 0 Å². The van der Waals surface area contributed by atoms with Crippen LogP contribution < -0.4 is 5.32 Å². The first kappa shape index (κ1) is 13.6. The number of rotatable bonds is 6. The third-order valence-electron chi connectivity index (χ3n) is 2.89. The topological polar surface area (TPSA) is 29.9 Å². The number of aromatic nitrogens is 2. The fourth-order valence-corrected chi connectivity index (χ4v) is 3.12. The van der Waals surface area contributed by atoms with Crippen molar-refractivity contribution in [1.82, 2.24) is 15.1 Å². The van der Waals surface area contributed by atoms with Crippen LogP contribution in [0.4, 0.5) is 0 Å². The summed E-state index contributed by atoms with van der Waals surface area (Å²) < 4.78 is 2.78. The summed E-state index contributed by atoms with van der Waals surface area (Å²) in [5.74, 6) is 0. The summed E-state index contributed by atoms with van der Waals surface area (Å²) in [4.78, 5) is 1.30. The molecule has 1 N–H and O–H groups in total. The minimum Gasteiger partial charge on any atom is -0.308 e. The van der Waals surface area contributed by atoms with Gasteiger partial charge in [0.15, 0.2) is 0 Å². The van der Waals surface area contributed by atoms with Crippen molar-refractivity contribution in [2.75, 3.05) is 6.54 Å². The van der Waals surface area contributed by atoms with E-state index in [1.54, 1.807) is 11.3 Å². The molecule has 0 aliphatic rings. The lowest BCUT2D eigenvalue weighted by Crippen LogP contribution is -2.25. The fraction of sp³-hybridized carbons (Fsp3) is 0.462. The molecule has 2 rings (SSSR count). The zero-order valence-electron chi connectivity index (χ0n) is 10.7. The van der Waals surface area contributed by atoms with E-state index in [0.717, 1.165) is 23.7 Å². The molecule has 0 fully saturated rings. The maximum absolute atomic E-state index is 5.98. The van der Waals surface area contributed by atoms with Crippen LogP contribution in [-0.2, 0) is 13.5 Å². The molecule has 0 saturated carbocycles. The van der Waals surface area contributed by atoms with Crippen molar-refractivity contribution in [2.45, 2.75) is 25.8 Å². The third kappa shape index (κ3) is 3.34. The maximum atomic E-state index is 5.98. The lowest BCUT2D eigenvalue weighted by atomic mass is 10.1. The third-order valence-corrected chi connectivity index (χ3v) is 4.14. The summed E-state index contributed by atoms with van der Waals surface area (Å²) in [7, 11) is 1.98. The molecule has 0 aliphatic heterocycles. The van der Waals surface area contributed by atoms with Crippen LogP contribution in [0.2, 0.25) is 4.34 Å². The predicted octanol–water partition coefficient (Wildman–Crippen LogP) is 3.42. The van der Waals surface area contributed by atoms with Crippen molar-refractivity contribution < 1.29 is 0 Å². The summed E-state index contributed by atoms with van der Waals surface area (Å²) in [6.45, 7) is 3.18. The summed E-state index contributed by atoms with van der Waals surface area (Å²) in [6, 6.07) is 6.43. The highest BCUT2D eigenvalue weighted by atomic mass is 35.5. The Morgan fingerprint density at radius 2 is 2.28 bits per heavy atom. The zero-order valence-corrected chi connectivity index (χ0v) is 12.3. The number of hydrogen-bond donors (Lipinski definition) is 1. The molecule has 0 aromatic carbocycles. The first-order valence-electron chi connectivity index (χ1n) is 6.16. The highest BCUT2D eigenvalue weighted by Crippen LogP contribution is 2.26. The Morgan fingerprint density at radius 3 is 2.83 bits per heavy atom. The molecule has 0 radical (unpaired) electrons. The van der Waals surface area contributed by atoms with E-state index < -0.39 is 0 Å². The fourth-order valence-electron chi connectivity index (χ4n) is 1.99. The molecule has 3 nitrogen and oxygen atoms in total. The average molecular weight is 284 g/mol. The van der Waals surface area contributed by atoms with Crippen LogP contribution in [-0.4, -0.2) is 16.3 Å². The minimum absolute atomic E-state index is 0.298. The van der Waals surface area contributed by atoms with Gasteiger partial charge in [0.25, 0.3) is 0 Å². The molecule has 1 atom stereocenters. The Balaban J connectivity index is 2.12. The van der Waals surface area contributed by atoms with E-state index in [0.29, 0.717) is 6.04 Å². The van der Waals surface area contributed by atoms with E-state index in [-0.39, 0.29) is 0 Å². The number of nitrogens with one attached hydrogen (secondary N) is 1. The standard InChI is InChI=1S/C13H18ClN3S/c1-3-7-15-11(12-6-8-16-17(12)2)9-10-4-5-13(14)18-10/h4-6,8,11,15H,3,7,9H2,1-2H3. The Hall–Kier alpha value is -0.840. The number of aryl methyl sites for hydroxylation is 1. The summed E-state index contributed by atoms with van der Waals surface area (Å²) in [6.07, 6.45) is 3.92. The molecule has 5 heteroatoms. The first-order valence-corrected chi connectivity index (χ1v) is 7.35. The first-order chi connectivity index (χ1) is 8.70. The number of nitrogens with zero attached hydrogens (tertiary/aromatic N) is 2. The molecule has 2 heterocycles. The van der Waals surface area contributed by atoms with Gasteiger partial charge in [-0.05, 0) is 31.2 Å². The van der Waals surface area contributed by atoms with Crippen molar-refractivity contribution in [1.29, 1.82) is 0 Å². The molecule has 0 saturated heterocycles. The molecular formula is C13H18ClN3S. The Kier molecular flexibility index (Phi) is 4.80. The SMILES string of the molecule is CCCNC(Cc1ccc(Cl)s1)c1ccnn1C. The summed E-state index contributed by atoms with van der Waals surface area (Å²) >= 11 is 7.63. The van der Waals surface area contributed by atoms with Crippen LogP contribution in [0, 0.1) is 0 Å². The second-order valence-corrected chi connectivity index (χ2v) is 6.10. The van der Waals surface area contributed by atoms with E-state index in [1.165, 1.54) is 10.6 Å². The molecule has 98 valence electrons. The molecule has 18 heavy (non-hydrogen) atoms. The molecule has 0 bridgehead atoms. The van der Waals surface area contributed by atoms with Gasteiger partial charge in [-0.15, -0.1) is 11.3 Å². The molecular weight excluding hydrogens is 266 g/mol. The highest BCUT2D eigenvalue weighted by molar-refractivity contribution is 7.16.